The molecule has 0 aliphatic heterocycles. The zero-order valence-corrected chi connectivity index (χ0v) is 13.9. The minimum absolute atomic E-state index is 0.0372. The van der Waals surface area contributed by atoms with Gasteiger partial charge in [0.15, 0.2) is 17.9 Å². The van der Waals surface area contributed by atoms with Crippen molar-refractivity contribution in [3.8, 4) is 5.75 Å². The first kappa shape index (κ1) is 17.4. The third kappa shape index (κ3) is 3.71. The van der Waals surface area contributed by atoms with Crippen molar-refractivity contribution in [2.24, 2.45) is 7.05 Å². The summed E-state index contributed by atoms with van der Waals surface area (Å²) in [5, 5.41) is 0.771. The lowest BCUT2D eigenvalue weighted by atomic mass is 10.1. The van der Waals surface area contributed by atoms with Gasteiger partial charge in [-0.05, 0) is 38.5 Å². The molecule has 0 saturated carbocycles. The summed E-state index contributed by atoms with van der Waals surface area (Å²) < 4.78 is 32.1. The molecule has 126 valence electrons. The van der Waals surface area contributed by atoms with E-state index in [1.807, 2.05) is 20.8 Å². The van der Waals surface area contributed by atoms with Gasteiger partial charge in [-0.2, -0.15) is 0 Å². The second-order valence-corrected chi connectivity index (χ2v) is 5.15. The Morgan fingerprint density at radius 3 is 2.48 bits per heavy atom. The van der Waals surface area contributed by atoms with E-state index in [9.17, 15) is 9.18 Å². The molecule has 2 aromatic rings. The summed E-state index contributed by atoms with van der Waals surface area (Å²) in [6, 6.07) is 4.51. The Kier molecular flexibility index (Phi) is 5.74. The first-order chi connectivity index (χ1) is 11.0. The van der Waals surface area contributed by atoms with E-state index < -0.39 is 12.1 Å². The lowest BCUT2D eigenvalue weighted by molar-refractivity contribution is -0.152. The molecule has 0 amide bonds. The van der Waals surface area contributed by atoms with Gasteiger partial charge in [0, 0.05) is 31.7 Å². The van der Waals surface area contributed by atoms with Gasteiger partial charge in [0.25, 0.3) is 5.56 Å². The lowest BCUT2D eigenvalue weighted by Gasteiger charge is -2.19. The van der Waals surface area contributed by atoms with Gasteiger partial charge >= 0.3 is 0 Å². The van der Waals surface area contributed by atoms with E-state index in [4.69, 9.17) is 14.2 Å². The molecular weight excluding hydrogens is 301 g/mol. The molecule has 0 spiro atoms. The van der Waals surface area contributed by atoms with Gasteiger partial charge in [-0.3, -0.25) is 4.79 Å². The van der Waals surface area contributed by atoms with Crippen LogP contribution in [0.1, 0.15) is 19.4 Å². The van der Waals surface area contributed by atoms with Crippen LogP contribution < -0.4 is 10.3 Å². The lowest BCUT2D eigenvalue weighted by Crippen LogP contribution is -2.26. The maximum Gasteiger partial charge on any atom is 0.251 e. The number of ether oxygens (including phenoxy) is 3. The van der Waals surface area contributed by atoms with E-state index >= 15 is 0 Å². The van der Waals surface area contributed by atoms with E-state index in [0.29, 0.717) is 18.7 Å². The molecule has 1 heterocycles. The maximum atomic E-state index is 14.3. The summed E-state index contributed by atoms with van der Waals surface area (Å²) in [6.07, 6.45) is -0.582. The molecular formula is C17H22FNO4. The van der Waals surface area contributed by atoms with Crippen molar-refractivity contribution < 1.29 is 18.6 Å². The van der Waals surface area contributed by atoms with Crippen LogP contribution in [0.25, 0.3) is 10.9 Å². The van der Waals surface area contributed by atoms with Crippen LogP contribution >= 0.6 is 0 Å². The van der Waals surface area contributed by atoms with Crippen LogP contribution in [0, 0.1) is 12.7 Å². The number of pyridine rings is 1. The van der Waals surface area contributed by atoms with E-state index in [1.54, 1.807) is 13.1 Å². The molecule has 2 rings (SSSR count). The minimum atomic E-state index is -0.582. The van der Waals surface area contributed by atoms with Crippen molar-refractivity contribution in [3.63, 3.8) is 0 Å². The number of halogens is 1. The molecule has 0 fully saturated rings. The Hall–Kier alpha value is -1.92. The fourth-order valence-electron chi connectivity index (χ4n) is 2.47. The average molecular weight is 323 g/mol. The van der Waals surface area contributed by atoms with Gasteiger partial charge in [0.2, 0.25) is 0 Å². The third-order valence-corrected chi connectivity index (χ3v) is 3.58. The van der Waals surface area contributed by atoms with Crippen LogP contribution in [0.15, 0.2) is 23.0 Å². The Bertz CT molecular complexity index is 735. The number of nitrogens with zero attached hydrogens (tertiary/aromatic N) is 1. The molecule has 1 aromatic carbocycles. The van der Waals surface area contributed by atoms with Crippen LogP contribution in [0.3, 0.4) is 0 Å². The Balaban J connectivity index is 2.43. The molecule has 0 atom stereocenters. The van der Waals surface area contributed by atoms with Crippen molar-refractivity contribution in [2.45, 2.75) is 27.1 Å². The van der Waals surface area contributed by atoms with Crippen LogP contribution in [-0.4, -0.2) is 30.7 Å². The largest absolute Gasteiger partial charge is 0.483 e. The molecule has 1 aromatic heterocycles. The minimum Gasteiger partial charge on any atom is -0.483 e. The number of benzene rings is 1. The Labute approximate surface area is 134 Å². The summed E-state index contributed by atoms with van der Waals surface area (Å²) in [5.41, 5.74) is 0.998. The highest BCUT2D eigenvalue weighted by Gasteiger charge is 2.17. The maximum absolute atomic E-state index is 14.3. The Morgan fingerprint density at radius 1 is 1.22 bits per heavy atom. The highest BCUT2D eigenvalue weighted by atomic mass is 19.1. The molecule has 0 aliphatic rings. The summed E-state index contributed by atoms with van der Waals surface area (Å²) in [4.78, 5) is 12.0. The summed E-state index contributed by atoms with van der Waals surface area (Å²) >= 11 is 0. The van der Waals surface area contributed by atoms with Crippen LogP contribution in [0.2, 0.25) is 0 Å². The third-order valence-electron chi connectivity index (χ3n) is 3.58. The summed E-state index contributed by atoms with van der Waals surface area (Å²) in [5.74, 6) is -0.486. The van der Waals surface area contributed by atoms with Crippen molar-refractivity contribution in [2.75, 3.05) is 19.8 Å². The van der Waals surface area contributed by atoms with Gasteiger partial charge in [-0.1, -0.05) is 0 Å². The summed E-state index contributed by atoms with van der Waals surface area (Å²) in [7, 11) is 1.60. The fourth-order valence-corrected chi connectivity index (χ4v) is 2.47. The van der Waals surface area contributed by atoms with E-state index in [0.717, 1.165) is 10.9 Å². The van der Waals surface area contributed by atoms with E-state index in [-0.39, 0.29) is 17.9 Å². The van der Waals surface area contributed by atoms with Crippen molar-refractivity contribution in [1.82, 2.24) is 4.57 Å². The Morgan fingerprint density at radius 2 is 1.87 bits per heavy atom. The van der Waals surface area contributed by atoms with Crippen molar-refractivity contribution in [1.29, 1.82) is 0 Å². The zero-order valence-electron chi connectivity index (χ0n) is 13.9. The zero-order chi connectivity index (χ0) is 17.0. The normalized spacial score (nSPS) is 11.4. The topological polar surface area (TPSA) is 49.7 Å². The van der Waals surface area contributed by atoms with Crippen molar-refractivity contribution in [3.05, 3.63) is 39.9 Å². The number of hydrogen-bond acceptors (Lipinski definition) is 4. The number of rotatable bonds is 7. The first-order valence-corrected chi connectivity index (χ1v) is 7.64. The summed E-state index contributed by atoms with van der Waals surface area (Å²) in [6.45, 7) is 6.47. The first-order valence-electron chi connectivity index (χ1n) is 7.64. The van der Waals surface area contributed by atoms with Crippen molar-refractivity contribution >= 4 is 10.9 Å². The standard InChI is InChI=1S/C17H22FNO4/c1-5-21-15(22-6-2)10-23-17-13(18)8-7-12-11(3)9-14(20)19(4)16(12)17/h7-9,15H,5-6,10H2,1-4H3. The fraction of sp³-hybridized carbons (Fsp3) is 0.471. The highest BCUT2D eigenvalue weighted by Crippen LogP contribution is 2.29. The van der Waals surface area contributed by atoms with Gasteiger partial charge in [0.1, 0.15) is 6.61 Å². The molecule has 5 nitrogen and oxygen atoms in total. The number of hydrogen-bond donors (Lipinski definition) is 0. The molecule has 0 N–H and O–H groups in total. The SMILES string of the molecule is CCOC(COc1c(F)ccc2c(C)cc(=O)n(C)c12)OCC. The van der Waals surface area contributed by atoms with Crippen LogP contribution in [0.4, 0.5) is 4.39 Å². The molecule has 6 heteroatoms. The quantitative estimate of drug-likeness (QED) is 0.735. The van der Waals surface area contributed by atoms with E-state index in [2.05, 4.69) is 0 Å². The molecule has 0 unspecified atom stereocenters. The predicted octanol–water partition coefficient (Wildman–Crippen LogP) is 2.76. The smallest absolute Gasteiger partial charge is 0.251 e. The van der Waals surface area contributed by atoms with Gasteiger partial charge < -0.3 is 18.8 Å². The predicted molar refractivity (Wildman–Crippen MR) is 86.4 cm³/mol. The number of aryl methyl sites for hydroxylation is 2. The molecule has 0 radical (unpaired) electrons. The van der Waals surface area contributed by atoms with Gasteiger partial charge in [-0.15, -0.1) is 0 Å². The molecule has 0 saturated heterocycles. The van der Waals surface area contributed by atoms with Gasteiger partial charge in [-0.25, -0.2) is 4.39 Å². The highest BCUT2D eigenvalue weighted by molar-refractivity contribution is 5.87. The monoisotopic (exact) mass is 323 g/mol. The van der Waals surface area contributed by atoms with Gasteiger partial charge in [0.05, 0.1) is 5.52 Å². The molecule has 23 heavy (non-hydrogen) atoms. The second-order valence-electron chi connectivity index (χ2n) is 5.15. The molecule has 0 bridgehead atoms. The number of aromatic nitrogens is 1. The molecule has 0 aliphatic carbocycles. The second kappa shape index (κ2) is 7.57. The van der Waals surface area contributed by atoms with Crippen LogP contribution in [-0.2, 0) is 16.5 Å². The van der Waals surface area contributed by atoms with Crippen LogP contribution in [0.5, 0.6) is 5.75 Å². The average Bonchev–Trinajstić information content (AvgIpc) is 2.51. The number of fused-ring (bicyclic) bond motifs is 1. The van der Waals surface area contributed by atoms with E-state index in [1.165, 1.54) is 16.7 Å².